The molecule has 1 aliphatic rings. The zero-order chi connectivity index (χ0) is 25.2. The molecule has 0 bridgehead atoms. The van der Waals surface area contributed by atoms with E-state index in [1.165, 1.54) is 12.4 Å². The first kappa shape index (κ1) is 27.2. The fraction of sp³-hybridized carbons (Fsp3) is 0.400. The molecule has 0 spiro atoms. The van der Waals surface area contributed by atoms with Crippen molar-refractivity contribution in [3.05, 3.63) is 47.9 Å². The second kappa shape index (κ2) is 11.1. The number of benzene rings is 1. The van der Waals surface area contributed by atoms with E-state index in [0.717, 1.165) is 18.2 Å². The highest BCUT2D eigenvalue weighted by Gasteiger charge is 2.36. The van der Waals surface area contributed by atoms with Crippen LogP contribution in [0.5, 0.6) is 5.75 Å². The second-order valence-electron chi connectivity index (χ2n) is 7.39. The highest BCUT2D eigenvalue weighted by molar-refractivity contribution is 7.90. The molecule has 3 aromatic rings. The molecule has 10 nitrogen and oxygen atoms in total. The van der Waals surface area contributed by atoms with Gasteiger partial charge in [0.2, 0.25) is 16.0 Å². The molecular weight excluding hydrogens is 515 g/mol. The molecule has 2 aromatic heterocycles. The summed E-state index contributed by atoms with van der Waals surface area (Å²) < 4.78 is 101. The van der Waals surface area contributed by atoms with Gasteiger partial charge in [0, 0.05) is 30.6 Å². The second-order valence-corrected chi connectivity index (χ2v) is 9.44. The van der Waals surface area contributed by atoms with E-state index >= 15 is 0 Å². The lowest BCUT2D eigenvalue weighted by molar-refractivity contribution is -0.0500. The average Bonchev–Trinajstić information content (AvgIpc) is 3.55. The molecule has 0 radical (unpaired) electrons. The monoisotopic (exact) mass is 536 g/mol. The largest absolute Gasteiger partial charge is 0.435 e. The third kappa shape index (κ3) is 6.63. The highest BCUT2D eigenvalue weighted by Crippen LogP contribution is 2.29. The van der Waals surface area contributed by atoms with E-state index in [2.05, 4.69) is 34.9 Å². The van der Waals surface area contributed by atoms with Crippen LogP contribution < -0.4 is 14.8 Å². The number of hydrogen-bond acceptors (Lipinski definition) is 9. The van der Waals surface area contributed by atoms with E-state index in [4.69, 9.17) is 4.42 Å². The highest BCUT2D eigenvalue weighted by atomic mass is 32.2. The lowest BCUT2D eigenvalue weighted by Gasteiger charge is -2.21. The lowest BCUT2D eigenvalue weighted by Crippen LogP contribution is -2.34. The zero-order valence-corrected chi connectivity index (χ0v) is 18.4. The summed E-state index contributed by atoms with van der Waals surface area (Å²) in [6.07, 6.45) is 0.425. The number of nitrogens with one attached hydrogen (secondary N) is 2. The molecule has 0 amide bonds. The molecule has 196 valence electrons. The van der Waals surface area contributed by atoms with Gasteiger partial charge < -0.3 is 14.5 Å². The number of nitrogens with zero attached hydrogens (tertiary/aromatic N) is 4. The van der Waals surface area contributed by atoms with E-state index in [1.807, 2.05) is 0 Å². The van der Waals surface area contributed by atoms with Crippen LogP contribution in [0.1, 0.15) is 44.2 Å². The molecule has 1 saturated carbocycles. The van der Waals surface area contributed by atoms with Gasteiger partial charge in [-0.1, -0.05) is 13.5 Å². The van der Waals surface area contributed by atoms with Gasteiger partial charge >= 0.3 is 13.0 Å². The Morgan fingerprint density at radius 1 is 1.11 bits per heavy atom. The molecule has 0 aliphatic heterocycles. The number of aromatic nitrogens is 4. The number of hydrogen-bond donors (Lipinski definition) is 2. The Morgan fingerprint density at radius 3 is 2.36 bits per heavy atom. The Morgan fingerprint density at radius 2 is 1.81 bits per heavy atom. The quantitative estimate of drug-likeness (QED) is 0.348. The van der Waals surface area contributed by atoms with Gasteiger partial charge in [0.25, 0.3) is 11.8 Å². The maximum atomic E-state index is 14.7. The van der Waals surface area contributed by atoms with Gasteiger partial charge in [0.05, 0.1) is 16.9 Å². The van der Waals surface area contributed by atoms with Crippen LogP contribution >= 0.6 is 0 Å². The number of halogens is 5. The summed E-state index contributed by atoms with van der Waals surface area (Å²) in [4.78, 5) is 7.98. The summed E-state index contributed by atoms with van der Waals surface area (Å²) in [5.74, 6) is -2.55. The topological polar surface area (TPSA) is 132 Å². The maximum Gasteiger partial charge on any atom is 0.387 e. The van der Waals surface area contributed by atoms with Crippen molar-refractivity contribution in [3.63, 3.8) is 0 Å². The molecule has 1 unspecified atom stereocenters. The van der Waals surface area contributed by atoms with Gasteiger partial charge in [-0.25, -0.2) is 27.5 Å². The fourth-order valence-corrected chi connectivity index (χ4v) is 4.40. The summed E-state index contributed by atoms with van der Waals surface area (Å²) >= 11 is 0. The van der Waals surface area contributed by atoms with Crippen LogP contribution in [0.2, 0.25) is 0 Å². The molecule has 1 fully saturated rings. The van der Waals surface area contributed by atoms with Crippen molar-refractivity contribution < 1.29 is 39.5 Å². The van der Waals surface area contributed by atoms with Crippen LogP contribution in [0.15, 0.2) is 35.0 Å². The van der Waals surface area contributed by atoms with Crippen molar-refractivity contribution in [3.8, 4) is 17.2 Å². The van der Waals surface area contributed by atoms with Crippen molar-refractivity contribution in [1.82, 2.24) is 24.9 Å². The van der Waals surface area contributed by atoms with Gasteiger partial charge in [-0.05, 0) is 18.9 Å². The molecular formula is C20H21F5N6O4S. The Bertz CT molecular complexity index is 1270. The Labute approximate surface area is 202 Å². The molecule has 36 heavy (non-hydrogen) atoms. The standard InChI is InChI=1S/C19H17F5N6O4S.CH4/c20-13-5-10(33-18(23)24)1-4-12(13)14(8-27-35(31,32)11-2-3-11)28-19-25-6-9(7-26-19)16-29-30-17(34-16)15(21)22;/h1,4-7,11,14-15,18,27H,2-3,8H2,(H,25,26,28);1H4. The third-order valence-electron chi connectivity index (χ3n) is 4.85. The zero-order valence-electron chi connectivity index (χ0n) is 17.5. The minimum absolute atomic E-state index is 0. The van der Waals surface area contributed by atoms with E-state index in [-0.39, 0.29) is 36.9 Å². The summed E-state index contributed by atoms with van der Waals surface area (Å²) in [5, 5.41) is 8.91. The molecule has 1 aromatic carbocycles. The Balaban J connectivity index is 0.00000361. The Kier molecular flexibility index (Phi) is 8.39. The smallest absolute Gasteiger partial charge is 0.387 e. The first-order chi connectivity index (χ1) is 16.6. The molecule has 2 N–H and O–H groups in total. The number of ether oxygens (including phenoxy) is 1. The van der Waals surface area contributed by atoms with E-state index < -0.39 is 51.8 Å². The van der Waals surface area contributed by atoms with E-state index in [9.17, 15) is 30.4 Å². The van der Waals surface area contributed by atoms with Crippen molar-refractivity contribution in [1.29, 1.82) is 0 Å². The lowest BCUT2D eigenvalue weighted by atomic mass is 10.1. The fourth-order valence-electron chi connectivity index (χ4n) is 3.01. The average molecular weight is 536 g/mol. The number of alkyl halides is 4. The van der Waals surface area contributed by atoms with Crippen molar-refractivity contribution in [2.45, 2.75) is 44.6 Å². The third-order valence-corrected chi connectivity index (χ3v) is 6.77. The summed E-state index contributed by atoms with van der Waals surface area (Å²) in [5.41, 5.74) is 0.0527. The normalized spacial score (nSPS) is 14.5. The molecule has 4 rings (SSSR count). The van der Waals surface area contributed by atoms with E-state index in [1.54, 1.807) is 0 Å². The molecule has 1 atom stereocenters. The first-order valence-corrected chi connectivity index (χ1v) is 11.6. The van der Waals surface area contributed by atoms with Crippen LogP contribution in [0.25, 0.3) is 11.5 Å². The van der Waals surface area contributed by atoms with Crippen LogP contribution in [0, 0.1) is 5.82 Å². The van der Waals surface area contributed by atoms with Crippen molar-refractivity contribution in [2.24, 2.45) is 0 Å². The number of rotatable bonds is 11. The summed E-state index contributed by atoms with van der Waals surface area (Å²) in [6.45, 7) is -3.46. The summed E-state index contributed by atoms with van der Waals surface area (Å²) in [6, 6.07) is 1.96. The number of anilines is 1. The van der Waals surface area contributed by atoms with Crippen molar-refractivity contribution in [2.75, 3.05) is 11.9 Å². The van der Waals surface area contributed by atoms with Gasteiger partial charge in [0.1, 0.15) is 11.6 Å². The van der Waals surface area contributed by atoms with Gasteiger partial charge in [-0.2, -0.15) is 17.6 Å². The van der Waals surface area contributed by atoms with Crippen LogP contribution in [0.4, 0.5) is 27.9 Å². The van der Waals surface area contributed by atoms with Crippen LogP contribution in [0.3, 0.4) is 0 Å². The number of sulfonamides is 1. The molecule has 0 saturated heterocycles. The van der Waals surface area contributed by atoms with Crippen molar-refractivity contribution >= 4 is 16.0 Å². The Hall–Kier alpha value is -3.40. The van der Waals surface area contributed by atoms with Crippen LogP contribution in [-0.4, -0.2) is 47.0 Å². The van der Waals surface area contributed by atoms with E-state index in [0.29, 0.717) is 12.8 Å². The van der Waals surface area contributed by atoms with Crippen LogP contribution in [-0.2, 0) is 10.0 Å². The molecule has 2 heterocycles. The summed E-state index contributed by atoms with van der Waals surface area (Å²) in [7, 11) is -3.63. The molecule has 1 aliphatic carbocycles. The maximum absolute atomic E-state index is 14.7. The minimum Gasteiger partial charge on any atom is -0.435 e. The predicted octanol–water partition coefficient (Wildman–Crippen LogP) is 4.08. The predicted molar refractivity (Wildman–Crippen MR) is 116 cm³/mol. The van der Waals surface area contributed by atoms with Gasteiger partial charge in [-0.3, -0.25) is 0 Å². The first-order valence-electron chi connectivity index (χ1n) is 10.1. The van der Waals surface area contributed by atoms with Gasteiger partial charge in [0.15, 0.2) is 0 Å². The minimum atomic E-state index is -3.63. The SMILES string of the molecule is C.O=S(=O)(NCC(Nc1ncc(-c2nnc(C(F)F)o2)cn1)c1ccc(OC(F)F)cc1F)C1CC1. The van der Waals surface area contributed by atoms with Gasteiger partial charge in [-0.15, -0.1) is 10.2 Å². The molecule has 16 heteroatoms.